The van der Waals surface area contributed by atoms with Crippen molar-refractivity contribution in [3.05, 3.63) is 71.9 Å². The van der Waals surface area contributed by atoms with Crippen molar-refractivity contribution in [2.24, 2.45) is 0 Å². The second-order valence-electron chi connectivity index (χ2n) is 7.86. The molecule has 1 fully saturated rings. The van der Waals surface area contributed by atoms with Gasteiger partial charge in [0.15, 0.2) is 0 Å². The van der Waals surface area contributed by atoms with Crippen molar-refractivity contribution in [1.82, 2.24) is 29.7 Å². The van der Waals surface area contributed by atoms with Gasteiger partial charge >= 0.3 is 0 Å². The van der Waals surface area contributed by atoms with Crippen molar-refractivity contribution in [2.75, 3.05) is 0 Å². The van der Waals surface area contributed by atoms with Crippen LogP contribution in [0, 0.1) is 0 Å². The van der Waals surface area contributed by atoms with Crippen LogP contribution in [0.3, 0.4) is 0 Å². The third kappa shape index (κ3) is 2.90. The number of amides is 1. The van der Waals surface area contributed by atoms with Gasteiger partial charge in [0, 0.05) is 42.3 Å². The van der Waals surface area contributed by atoms with E-state index in [0.29, 0.717) is 11.5 Å². The Morgan fingerprint density at radius 2 is 2.03 bits per heavy atom. The normalized spacial score (nSPS) is 18.1. The molecule has 6 rings (SSSR count). The van der Waals surface area contributed by atoms with Gasteiger partial charge in [-0.1, -0.05) is 0 Å². The molecule has 1 aliphatic carbocycles. The molecule has 1 N–H and O–H groups in total. The standard InChI is InChI=1S/C22H20N6O/c29-22(16-10-17-2-1-7-24-28(17)13-16)25-18-6-9-27-21(18)12-20(26-27)15-5-8-23-19(11-15)14-3-4-14/h1-2,5,7-8,10-14,18H,3-4,6,9H2,(H,25,29)/t18-/m1/s1. The van der Waals surface area contributed by atoms with E-state index >= 15 is 0 Å². The minimum absolute atomic E-state index is 0.0375. The Hall–Kier alpha value is -3.48. The molecular formula is C22H20N6O. The lowest BCUT2D eigenvalue weighted by atomic mass is 10.1. The van der Waals surface area contributed by atoms with Gasteiger partial charge in [0.25, 0.3) is 5.91 Å². The average molecular weight is 384 g/mol. The fraction of sp³-hybridized carbons (Fsp3) is 0.273. The molecule has 0 unspecified atom stereocenters. The number of carbonyl (C=O) groups is 1. The zero-order valence-electron chi connectivity index (χ0n) is 15.8. The molecule has 1 atom stereocenters. The summed E-state index contributed by atoms with van der Waals surface area (Å²) in [7, 11) is 0. The molecule has 7 heteroatoms. The summed E-state index contributed by atoms with van der Waals surface area (Å²) >= 11 is 0. The Balaban J connectivity index is 1.25. The van der Waals surface area contributed by atoms with Gasteiger partial charge in [-0.25, -0.2) is 4.52 Å². The lowest BCUT2D eigenvalue weighted by Gasteiger charge is -2.10. The van der Waals surface area contributed by atoms with Gasteiger partial charge in [0.1, 0.15) is 0 Å². The maximum atomic E-state index is 12.8. The van der Waals surface area contributed by atoms with Crippen molar-refractivity contribution in [2.45, 2.75) is 37.8 Å². The van der Waals surface area contributed by atoms with Crippen LogP contribution in [0.15, 0.2) is 55.0 Å². The average Bonchev–Trinajstić information content (AvgIpc) is 3.20. The first-order valence-electron chi connectivity index (χ1n) is 10.0. The van der Waals surface area contributed by atoms with Crippen LogP contribution in [0.4, 0.5) is 0 Å². The molecule has 1 aliphatic heterocycles. The van der Waals surface area contributed by atoms with E-state index < -0.39 is 0 Å². The van der Waals surface area contributed by atoms with Gasteiger partial charge in [-0.15, -0.1) is 0 Å². The molecule has 0 spiro atoms. The van der Waals surface area contributed by atoms with Crippen LogP contribution in [0.25, 0.3) is 16.8 Å². The third-order valence-electron chi connectivity index (χ3n) is 5.81. The molecule has 0 radical (unpaired) electrons. The van der Waals surface area contributed by atoms with Gasteiger partial charge in [0.05, 0.1) is 28.5 Å². The van der Waals surface area contributed by atoms with Crippen LogP contribution < -0.4 is 5.32 Å². The van der Waals surface area contributed by atoms with Gasteiger partial charge in [-0.2, -0.15) is 10.2 Å². The Kier molecular flexibility index (Phi) is 3.56. The van der Waals surface area contributed by atoms with Gasteiger partial charge in [-0.3, -0.25) is 14.5 Å². The van der Waals surface area contributed by atoms with Crippen LogP contribution in [0.5, 0.6) is 0 Å². The molecule has 29 heavy (non-hydrogen) atoms. The zero-order valence-corrected chi connectivity index (χ0v) is 15.8. The van der Waals surface area contributed by atoms with Crippen LogP contribution in [0.2, 0.25) is 0 Å². The van der Waals surface area contributed by atoms with E-state index in [1.54, 1.807) is 16.9 Å². The van der Waals surface area contributed by atoms with E-state index in [1.165, 1.54) is 12.8 Å². The van der Waals surface area contributed by atoms with Crippen LogP contribution in [0.1, 0.15) is 53.0 Å². The highest BCUT2D eigenvalue weighted by molar-refractivity contribution is 5.95. The first-order valence-corrected chi connectivity index (χ1v) is 10.0. The number of fused-ring (bicyclic) bond motifs is 2. The molecule has 144 valence electrons. The maximum absolute atomic E-state index is 12.8. The zero-order chi connectivity index (χ0) is 19.4. The highest BCUT2D eigenvalue weighted by Crippen LogP contribution is 2.40. The first kappa shape index (κ1) is 16.5. The summed E-state index contributed by atoms with van der Waals surface area (Å²) in [4.78, 5) is 17.3. The fourth-order valence-electron chi connectivity index (χ4n) is 4.10. The minimum atomic E-state index is -0.0865. The second kappa shape index (κ2) is 6.27. The number of aromatic nitrogens is 5. The Bertz CT molecular complexity index is 1200. The summed E-state index contributed by atoms with van der Waals surface area (Å²) in [6.07, 6.45) is 8.66. The monoisotopic (exact) mass is 384 g/mol. The lowest BCUT2D eigenvalue weighted by molar-refractivity contribution is 0.0936. The number of carbonyl (C=O) groups excluding carboxylic acids is 1. The number of rotatable bonds is 4. The van der Waals surface area contributed by atoms with Gasteiger partial charge in [0.2, 0.25) is 0 Å². The van der Waals surface area contributed by atoms with Gasteiger partial charge in [-0.05, 0) is 55.7 Å². The molecule has 0 bridgehead atoms. The van der Waals surface area contributed by atoms with E-state index in [0.717, 1.165) is 41.1 Å². The van der Waals surface area contributed by atoms with Crippen molar-refractivity contribution >= 4 is 11.4 Å². The first-order chi connectivity index (χ1) is 14.2. The van der Waals surface area contributed by atoms with E-state index in [4.69, 9.17) is 5.10 Å². The summed E-state index contributed by atoms with van der Waals surface area (Å²) in [5.74, 6) is 0.528. The maximum Gasteiger partial charge on any atom is 0.253 e. The van der Waals surface area contributed by atoms with Crippen LogP contribution >= 0.6 is 0 Å². The number of aryl methyl sites for hydroxylation is 1. The summed E-state index contributed by atoms with van der Waals surface area (Å²) in [5.41, 5.74) is 5.78. The van der Waals surface area contributed by atoms with E-state index in [-0.39, 0.29) is 11.9 Å². The summed E-state index contributed by atoms with van der Waals surface area (Å²) in [6.45, 7) is 0.806. The predicted octanol–water partition coefficient (Wildman–Crippen LogP) is 3.35. The van der Waals surface area contributed by atoms with Gasteiger partial charge < -0.3 is 5.32 Å². The predicted molar refractivity (Wildman–Crippen MR) is 107 cm³/mol. The number of hydrogen-bond donors (Lipinski definition) is 1. The highest BCUT2D eigenvalue weighted by atomic mass is 16.1. The molecular weight excluding hydrogens is 364 g/mol. The SMILES string of the molecule is O=C(N[C@@H]1CCn2nc(-c3ccnc(C4CC4)c3)cc21)c1cc2cccnn2c1. The highest BCUT2D eigenvalue weighted by Gasteiger charge is 2.28. The van der Waals surface area contributed by atoms with Crippen molar-refractivity contribution in [3.8, 4) is 11.3 Å². The fourth-order valence-corrected chi connectivity index (χ4v) is 4.10. The molecule has 4 aromatic heterocycles. The Morgan fingerprint density at radius 3 is 2.90 bits per heavy atom. The quantitative estimate of drug-likeness (QED) is 0.585. The molecule has 1 saturated carbocycles. The van der Waals surface area contributed by atoms with Crippen LogP contribution in [-0.4, -0.2) is 30.3 Å². The minimum Gasteiger partial charge on any atom is -0.344 e. The van der Waals surface area contributed by atoms with E-state index in [2.05, 4.69) is 27.5 Å². The molecule has 2 aliphatic rings. The molecule has 5 heterocycles. The lowest BCUT2D eigenvalue weighted by Crippen LogP contribution is -2.26. The number of pyridine rings is 1. The number of nitrogens with zero attached hydrogens (tertiary/aromatic N) is 5. The Labute approximate surface area is 167 Å². The van der Waals surface area contributed by atoms with Crippen molar-refractivity contribution in [1.29, 1.82) is 0 Å². The topological polar surface area (TPSA) is 77.1 Å². The Morgan fingerprint density at radius 1 is 1.10 bits per heavy atom. The smallest absolute Gasteiger partial charge is 0.253 e. The second-order valence-corrected chi connectivity index (χ2v) is 7.86. The van der Waals surface area contributed by atoms with Crippen molar-refractivity contribution < 1.29 is 4.79 Å². The molecule has 4 aromatic rings. The van der Waals surface area contributed by atoms with E-state index in [1.807, 2.05) is 35.1 Å². The summed E-state index contributed by atoms with van der Waals surface area (Å²) in [5, 5.41) is 12.2. The number of hydrogen-bond acceptors (Lipinski definition) is 4. The van der Waals surface area contributed by atoms with Crippen molar-refractivity contribution in [3.63, 3.8) is 0 Å². The summed E-state index contributed by atoms with van der Waals surface area (Å²) < 4.78 is 3.72. The molecule has 1 amide bonds. The molecule has 0 saturated heterocycles. The van der Waals surface area contributed by atoms with E-state index in [9.17, 15) is 4.79 Å². The molecule has 0 aromatic carbocycles. The summed E-state index contributed by atoms with van der Waals surface area (Å²) in [6, 6.07) is 11.9. The largest absolute Gasteiger partial charge is 0.344 e. The van der Waals surface area contributed by atoms with Crippen LogP contribution in [-0.2, 0) is 6.54 Å². The molecule has 7 nitrogen and oxygen atoms in total. The third-order valence-corrected chi connectivity index (χ3v) is 5.81. The number of nitrogens with one attached hydrogen (secondary N) is 1.